The van der Waals surface area contributed by atoms with Crippen molar-refractivity contribution < 1.29 is 13.9 Å². The molecule has 2 heterocycles. The Morgan fingerprint density at radius 2 is 2.40 bits per heavy atom. The van der Waals surface area contributed by atoms with Crippen molar-refractivity contribution in [1.82, 2.24) is 9.88 Å². The minimum atomic E-state index is -0.519. The molecule has 0 spiro atoms. The van der Waals surface area contributed by atoms with Crippen molar-refractivity contribution in [1.29, 1.82) is 0 Å². The fraction of sp³-hybridized carbons (Fsp3) is 0.571. The van der Waals surface area contributed by atoms with Gasteiger partial charge in [-0.1, -0.05) is 0 Å². The van der Waals surface area contributed by atoms with Gasteiger partial charge in [-0.05, 0) is 25.3 Å². The highest BCUT2D eigenvalue weighted by molar-refractivity contribution is 5.98. The summed E-state index contributed by atoms with van der Waals surface area (Å²) in [6, 6.07) is 1.21. The summed E-state index contributed by atoms with van der Waals surface area (Å²) in [5.41, 5.74) is 0.241. The van der Waals surface area contributed by atoms with Crippen LogP contribution in [-0.4, -0.2) is 49.1 Å². The van der Waals surface area contributed by atoms with Crippen LogP contribution in [-0.2, 0) is 4.74 Å². The van der Waals surface area contributed by atoms with Gasteiger partial charge in [-0.25, -0.2) is 9.37 Å². The summed E-state index contributed by atoms with van der Waals surface area (Å²) >= 11 is 0. The second-order valence-electron chi connectivity index (χ2n) is 4.97. The predicted octanol–water partition coefficient (Wildman–Crippen LogP) is 1.90. The normalized spacial score (nSPS) is 18.6. The zero-order valence-electron chi connectivity index (χ0n) is 11.9. The van der Waals surface area contributed by atoms with E-state index in [0.29, 0.717) is 12.4 Å². The number of carbonyl (C=O) groups excluding carboxylic acids is 1. The topological polar surface area (TPSA) is 54.5 Å². The molecule has 0 saturated carbocycles. The summed E-state index contributed by atoms with van der Waals surface area (Å²) in [4.78, 5) is 17.8. The molecule has 1 atom stereocenters. The van der Waals surface area contributed by atoms with Gasteiger partial charge in [0.25, 0.3) is 5.91 Å². The Bertz CT molecular complexity index is 475. The molecule has 0 aromatic carbocycles. The molecule has 0 bridgehead atoms. The molecule has 1 amide bonds. The van der Waals surface area contributed by atoms with Gasteiger partial charge in [0.05, 0.1) is 17.9 Å². The molecule has 1 aromatic heterocycles. The van der Waals surface area contributed by atoms with Crippen molar-refractivity contribution in [3.05, 3.63) is 23.6 Å². The lowest BCUT2D eigenvalue weighted by Crippen LogP contribution is -2.37. The van der Waals surface area contributed by atoms with Gasteiger partial charge in [0, 0.05) is 27.2 Å². The van der Waals surface area contributed by atoms with Crippen LogP contribution in [0, 0.1) is 5.82 Å². The van der Waals surface area contributed by atoms with Crippen molar-refractivity contribution in [2.45, 2.75) is 25.4 Å². The largest absolute Gasteiger partial charge is 0.376 e. The molecule has 1 unspecified atom stereocenters. The number of aromatic nitrogens is 1. The van der Waals surface area contributed by atoms with Crippen LogP contribution in [0.4, 0.5) is 10.2 Å². The van der Waals surface area contributed by atoms with Crippen LogP contribution in [0.2, 0.25) is 0 Å². The Hall–Kier alpha value is -1.69. The van der Waals surface area contributed by atoms with E-state index in [4.69, 9.17) is 4.74 Å². The SMILES string of the molecule is CNc1ncc(F)cc1C(=O)N(C)CC1CCCCO1. The standard InChI is InChI=1S/C14H20FN3O2/c1-16-13-12(7-10(15)8-17-13)14(19)18(2)9-11-5-3-4-6-20-11/h7-8,11H,3-6,9H2,1-2H3,(H,16,17). The maximum atomic E-state index is 13.3. The predicted molar refractivity (Wildman–Crippen MR) is 74.3 cm³/mol. The minimum Gasteiger partial charge on any atom is -0.376 e. The van der Waals surface area contributed by atoms with Crippen molar-refractivity contribution >= 4 is 11.7 Å². The molecule has 0 aliphatic carbocycles. The number of ether oxygens (including phenoxy) is 1. The van der Waals surface area contributed by atoms with Crippen LogP contribution >= 0.6 is 0 Å². The number of nitrogens with zero attached hydrogens (tertiary/aromatic N) is 2. The van der Waals surface area contributed by atoms with Gasteiger partial charge in [0.1, 0.15) is 11.6 Å². The Balaban J connectivity index is 2.07. The number of carbonyl (C=O) groups is 1. The van der Waals surface area contributed by atoms with E-state index < -0.39 is 5.82 Å². The molecular weight excluding hydrogens is 261 g/mol. The molecule has 1 fully saturated rings. The fourth-order valence-corrected chi connectivity index (χ4v) is 2.35. The second kappa shape index (κ2) is 6.65. The van der Waals surface area contributed by atoms with Crippen molar-refractivity contribution in [2.75, 3.05) is 32.6 Å². The minimum absolute atomic E-state index is 0.0669. The fourth-order valence-electron chi connectivity index (χ4n) is 2.35. The Kier molecular flexibility index (Phi) is 4.89. The van der Waals surface area contributed by atoms with E-state index in [9.17, 15) is 9.18 Å². The summed E-state index contributed by atoms with van der Waals surface area (Å²) in [6.45, 7) is 1.26. The van der Waals surface area contributed by atoms with Gasteiger partial charge in [0.15, 0.2) is 0 Å². The molecule has 1 aromatic rings. The third kappa shape index (κ3) is 3.45. The Morgan fingerprint density at radius 1 is 1.60 bits per heavy atom. The number of rotatable bonds is 4. The van der Waals surface area contributed by atoms with Gasteiger partial charge < -0.3 is 15.0 Å². The highest BCUT2D eigenvalue weighted by Gasteiger charge is 2.22. The van der Waals surface area contributed by atoms with E-state index in [1.54, 1.807) is 19.0 Å². The number of pyridine rings is 1. The van der Waals surface area contributed by atoms with E-state index in [-0.39, 0.29) is 17.6 Å². The van der Waals surface area contributed by atoms with E-state index in [1.165, 1.54) is 6.07 Å². The van der Waals surface area contributed by atoms with Gasteiger partial charge in [-0.15, -0.1) is 0 Å². The lowest BCUT2D eigenvalue weighted by Gasteiger charge is -2.27. The molecule has 5 nitrogen and oxygen atoms in total. The third-order valence-corrected chi connectivity index (χ3v) is 3.42. The number of anilines is 1. The van der Waals surface area contributed by atoms with Crippen molar-refractivity contribution in [3.63, 3.8) is 0 Å². The van der Waals surface area contributed by atoms with E-state index in [0.717, 1.165) is 32.1 Å². The van der Waals surface area contributed by atoms with Crippen LogP contribution in [0.15, 0.2) is 12.3 Å². The molecule has 20 heavy (non-hydrogen) atoms. The van der Waals surface area contributed by atoms with Gasteiger partial charge in [-0.2, -0.15) is 0 Å². The molecule has 110 valence electrons. The first-order chi connectivity index (χ1) is 9.61. The third-order valence-electron chi connectivity index (χ3n) is 3.42. The van der Waals surface area contributed by atoms with Crippen LogP contribution in [0.1, 0.15) is 29.6 Å². The molecule has 6 heteroatoms. The number of halogens is 1. The van der Waals surface area contributed by atoms with Crippen LogP contribution < -0.4 is 5.32 Å². The lowest BCUT2D eigenvalue weighted by molar-refractivity contribution is -0.000183. The first-order valence-corrected chi connectivity index (χ1v) is 6.82. The first kappa shape index (κ1) is 14.7. The quantitative estimate of drug-likeness (QED) is 0.916. The highest BCUT2D eigenvalue weighted by Crippen LogP contribution is 2.18. The number of likely N-dealkylation sites (N-methyl/N-ethyl adjacent to an activating group) is 1. The van der Waals surface area contributed by atoms with Gasteiger partial charge >= 0.3 is 0 Å². The highest BCUT2D eigenvalue weighted by atomic mass is 19.1. The maximum Gasteiger partial charge on any atom is 0.257 e. The zero-order valence-corrected chi connectivity index (χ0v) is 11.9. The van der Waals surface area contributed by atoms with Crippen LogP contribution in [0.5, 0.6) is 0 Å². The van der Waals surface area contributed by atoms with Gasteiger partial charge in [-0.3, -0.25) is 4.79 Å². The van der Waals surface area contributed by atoms with Crippen molar-refractivity contribution in [3.8, 4) is 0 Å². The maximum absolute atomic E-state index is 13.3. The van der Waals surface area contributed by atoms with E-state index >= 15 is 0 Å². The average molecular weight is 281 g/mol. The number of nitrogens with one attached hydrogen (secondary N) is 1. The molecular formula is C14H20FN3O2. The van der Waals surface area contributed by atoms with Gasteiger partial charge in [0.2, 0.25) is 0 Å². The average Bonchev–Trinajstić information content (AvgIpc) is 2.47. The van der Waals surface area contributed by atoms with Crippen molar-refractivity contribution in [2.24, 2.45) is 0 Å². The summed E-state index contributed by atoms with van der Waals surface area (Å²) < 4.78 is 18.9. The molecule has 1 N–H and O–H groups in total. The number of hydrogen-bond donors (Lipinski definition) is 1. The molecule has 2 rings (SSSR count). The smallest absolute Gasteiger partial charge is 0.257 e. The molecule has 1 aliphatic rings. The summed E-state index contributed by atoms with van der Waals surface area (Å²) in [7, 11) is 3.35. The lowest BCUT2D eigenvalue weighted by atomic mass is 10.1. The molecule has 0 radical (unpaired) electrons. The summed E-state index contributed by atoms with van der Waals surface area (Å²) in [6.07, 6.45) is 4.31. The molecule has 1 aliphatic heterocycles. The Labute approximate surface area is 118 Å². The van der Waals surface area contributed by atoms with E-state index in [1.807, 2.05) is 0 Å². The number of hydrogen-bond acceptors (Lipinski definition) is 4. The number of amides is 1. The second-order valence-corrected chi connectivity index (χ2v) is 4.97. The monoisotopic (exact) mass is 281 g/mol. The van der Waals surface area contributed by atoms with Crippen LogP contribution in [0.25, 0.3) is 0 Å². The summed E-state index contributed by atoms with van der Waals surface area (Å²) in [5, 5.41) is 2.81. The Morgan fingerprint density at radius 3 is 3.05 bits per heavy atom. The van der Waals surface area contributed by atoms with E-state index in [2.05, 4.69) is 10.3 Å². The summed E-state index contributed by atoms with van der Waals surface area (Å²) in [5.74, 6) is -0.391. The zero-order chi connectivity index (χ0) is 14.5. The molecule has 1 saturated heterocycles. The van der Waals surface area contributed by atoms with Crippen LogP contribution in [0.3, 0.4) is 0 Å². The first-order valence-electron chi connectivity index (χ1n) is 6.82.